The number of ether oxygens (including phenoxy) is 4. The third-order valence-corrected chi connectivity index (χ3v) is 6.58. The van der Waals surface area contributed by atoms with E-state index in [4.69, 9.17) is 29.1 Å². The highest BCUT2D eigenvalue weighted by Gasteiger charge is 2.37. The van der Waals surface area contributed by atoms with Gasteiger partial charge in [0.05, 0.1) is 34.5 Å². The number of methoxy groups -OCH3 is 3. The Hall–Kier alpha value is -4.50. The van der Waals surface area contributed by atoms with E-state index >= 15 is 0 Å². The number of guanidine groups is 1. The van der Waals surface area contributed by atoms with Crippen LogP contribution in [0.4, 0.5) is 10.5 Å². The fourth-order valence-corrected chi connectivity index (χ4v) is 4.62. The molecule has 0 aliphatic carbocycles. The maximum atomic E-state index is 12.7. The molecule has 0 radical (unpaired) electrons. The van der Waals surface area contributed by atoms with Crippen molar-refractivity contribution >= 4 is 36.3 Å². The van der Waals surface area contributed by atoms with Gasteiger partial charge in [-0.15, -0.1) is 10.2 Å². The summed E-state index contributed by atoms with van der Waals surface area (Å²) in [6.07, 6.45) is -1.01. The van der Waals surface area contributed by atoms with Crippen LogP contribution in [-0.4, -0.2) is 91.2 Å². The van der Waals surface area contributed by atoms with Crippen molar-refractivity contribution in [1.82, 2.24) is 19.4 Å². The van der Waals surface area contributed by atoms with Crippen LogP contribution in [0, 0.1) is 0 Å². The molecule has 5 rings (SSSR count). The van der Waals surface area contributed by atoms with E-state index in [1.165, 1.54) is 30.5 Å². The fourth-order valence-electron chi connectivity index (χ4n) is 4.29. The third kappa shape index (κ3) is 5.20. The number of rotatable bonds is 7. The molecule has 0 spiro atoms. The number of nitrogens with zero attached hydrogens (tertiary/aromatic N) is 7. The number of para-hydroxylation sites is 1. The molecule has 2 amide bonds. The number of morpholine rings is 1. The van der Waals surface area contributed by atoms with E-state index in [1.807, 2.05) is 11.0 Å². The largest absolute Gasteiger partial charge is 0.493 e. The van der Waals surface area contributed by atoms with Crippen LogP contribution in [0.25, 0.3) is 11.5 Å². The van der Waals surface area contributed by atoms with Crippen molar-refractivity contribution in [3.8, 4) is 28.7 Å². The summed E-state index contributed by atoms with van der Waals surface area (Å²) in [4.78, 5) is 25.3. The minimum absolute atomic E-state index is 0.0263. The monoisotopic (exact) mass is 568 g/mol. The molecule has 14 nitrogen and oxygen atoms in total. The standard InChI is InChI=1S/C25H28N8O6S/c1-35-17-13-15(14-18(36-2)19(17)37-3)21-29-30-22(39-21)20-27-24(31-9-11-38-12-10-31)33(40)25(28-20)32(23(26)34)16-7-5-4-6-8-16/h4-8,13-14,25,40H,9-12H2,1-3H3,(H2,26,34). The summed E-state index contributed by atoms with van der Waals surface area (Å²) in [5, 5.41) is 8.39. The highest BCUT2D eigenvalue weighted by atomic mass is 32.1. The quantitative estimate of drug-likeness (QED) is 0.406. The molecular formula is C25H28N8O6S. The number of primary amides is 1. The molecule has 2 aliphatic rings. The minimum atomic E-state index is -1.01. The molecule has 0 bridgehead atoms. The maximum absolute atomic E-state index is 12.7. The molecule has 210 valence electrons. The van der Waals surface area contributed by atoms with Crippen LogP contribution < -0.4 is 24.8 Å². The van der Waals surface area contributed by atoms with Gasteiger partial charge in [-0.25, -0.2) is 14.1 Å². The summed E-state index contributed by atoms with van der Waals surface area (Å²) < 4.78 is 29.3. The predicted octanol–water partition coefficient (Wildman–Crippen LogP) is 2.23. The summed E-state index contributed by atoms with van der Waals surface area (Å²) in [7, 11) is 4.54. The van der Waals surface area contributed by atoms with Crippen LogP contribution in [0.1, 0.15) is 5.89 Å². The number of thiol groups is 1. The third-order valence-electron chi connectivity index (χ3n) is 6.19. The lowest BCUT2D eigenvalue weighted by atomic mass is 10.2. The molecular weight excluding hydrogens is 540 g/mol. The first-order valence-electron chi connectivity index (χ1n) is 12.2. The molecule has 2 aliphatic heterocycles. The van der Waals surface area contributed by atoms with Crippen LogP contribution in [0.3, 0.4) is 0 Å². The second kappa shape index (κ2) is 11.7. The van der Waals surface area contributed by atoms with Gasteiger partial charge < -0.3 is 34.0 Å². The van der Waals surface area contributed by atoms with Crippen molar-refractivity contribution in [3.05, 3.63) is 48.4 Å². The second-order valence-corrected chi connectivity index (χ2v) is 8.96. The highest BCUT2D eigenvalue weighted by molar-refractivity contribution is 7.78. The number of aromatic nitrogens is 2. The maximum Gasteiger partial charge on any atom is 0.322 e. The molecule has 1 unspecified atom stereocenters. The number of nitrogens with two attached hydrogens (primary N) is 1. The average molecular weight is 569 g/mol. The SMILES string of the molecule is COc1cc(-c2nnc(C3=NC(N(C(N)=O)c4ccccc4)N(S)C(N4CCOCC4)=N3)o2)cc(OC)c1OC. The number of carbonyl (C=O) groups is 1. The number of amides is 2. The summed E-state index contributed by atoms with van der Waals surface area (Å²) in [6, 6.07) is 11.6. The smallest absolute Gasteiger partial charge is 0.322 e. The molecule has 1 fully saturated rings. The lowest BCUT2D eigenvalue weighted by Gasteiger charge is -2.40. The number of hydrogen-bond acceptors (Lipinski definition) is 13. The van der Waals surface area contributed by atoms with Gasteiger partial charge in [0.25, 0.3) is 5.89 Å². The van der Waals surface area contributed by atoms with Crippen LogP contribution in [0.5, 0.6) is 17.2 Å². The van der Waals surface area contributed by atoms with E-state index in [0.717, 1.165) is 0 Å². The molecule has 0 saturated carbocycles. The molecule has 2 N–H and O–H groups in total. The second-order valence-electron chi connectivity index (χ2n) is 8.53. The molecule has 1 atom stereocenters. The number of benzene rings is 2. The first kappa shape index (κ1) is 27.1. The van der Waals surface area contributed by atoms with E-state index in [1.54, 1.807) is 36.4 Å². The Bertz CT molecular complexity index is 1400. The first-order valence-corrected chi connectivity index (χ1v) is 12.6. The number of carbonyl (C=O) groups excluding carboxylic acids is 1. The van der Waals surface area contributed by atoms with Gasteiger partial charge >= 0.3 is 6.03 Å². The molecule has 1 aromatic heterocycles. The summed E-state index contributed by atoms with van der Waals surface area (Å²) >= 11 is 4.68. The molecule has 1 saturated heterocycles. The molecule has 3 heterocycles. The molecule has 2 aromatic carbocycles. The predicted molar refractivity (Wildman–Crippen MR) is 149 cm³/mol. The zero-order valence-corrected chi connectivity index (χ0v) is 22.9. The van der Waals surface area contributed by atoms with Crippen molar-refractivity contribution in [2.75, 3.05) is 52.5 Å². The molecule has 15 heteroatoms. The van der Waals surface area contributed by atoms with Crippen molar-refractivity contribution in [1.29, 1.82) is 0 Å². The lowest BCUT2D eigenvalue weighted by molar-refractivity contribution is 0.0639. The van der Waals surface area contributed by atoms with Gasteiger partial charge in [0, 0.05) is 24.3 Å². The average Bonchev–Trinajstić information content (AvgIpc) is 3.48. The Balaban J connectivity index is 1.58. The van der Waals surface area contributed by atoms with Gasteiger partial charge in [0.1, 0.15) is 0 Å². The summed E-state index contributed by atoms with van der Waals surface area (Å²) in [5.41, 5.74) is 6.87. The van der Waals surface area contributed by atoms with Gasteiger partial charge in [0.15, 0.2) is 11.5 Å². The molecule has 40 heavy (non-hydrogen) atoms. The van der Waals surface area contributed by atoms with Crippen molar-refractivity contribution in [2.45, 2.75) is 6.29 Å². The number of urea groups is 1. The van der Waals surface area contributed by atoms with Gasteiger partial charge in [-0.1, -0.05) is 31.0 Å². The van der Waals surface area contributed by atoms with Crippen LogP contribution in [0.2, 0.25) is 0 Å². The number of anilines is 1. The van der Waals surface area contributed by atoms with E-state index in [0.29, 0.717) is 60.8 Å². The number of aliphatic imine (C=N–C) groups is 2. The van der Waals surface area contributed by atoms with Gasteiger partial charge in [-0.3, -0.25) is 4.90 Å². The fraction of sp³-hybridized carbons (Fsp3) is 0.320. The zero-order valence-electron chi connectivity index (χ0n) is 22.1. The van der Waals surface area contributed by atoms with Crippen molar-refractivity contribution in [3.63, 3.8) is 0 Å². The topological polar surface area (TPSA) is 153 Å². The van der Waals surface area contributed by atoms with Crippen LogP contribution >= 0.6 is 12.8 Å². The van der Waals surface area contributed by atoms with Gasteiger partial charge in [-0.2, -0.15) is 4.99 Å². The van der Waals surface area contributed by atoms with Gasteiger partial charge in [-0.05, 0) is 24.3 Å². The normalized spacial score (nSPS) is 17.1. The zero-order chi connectivity index (χ0) is 28.2. The summed E-state index contributed by atoms with van der Waals surface area (Å²) in [5.74, 6) is 1.99. The van der Waals surface area contributed by atoms with Crippen molar-refractivity contribution < 1.29 is 28.2 Å². The highest BCUT2D eigenvalue weighted by Crippen LogP contribution is 2.41. The van der Waals surface area contributed by atoms with E-state index in [9.17, 15) is 4.79 Å². The number of amidine groups is 1. The van der Waals surface area contributed by atoms with E-state index in [2.05, 4.69) is 33.0 Å². The Morgan fingerprint density at radius 2 is 1.68 bits per heavy atom. The summed E-state index contributed by atoms with van der Waals surface area (Å²) in [6.45, 7) is 2.11. The molecule has 3 aromatic rings. The Labute approximate surface area is 235 Å². The first-order chi connectivity index (χ1) is 19.4. The van der Waals surface area contributed by atoms with E-state index < -0.39 is 12.3 Å². The van der Waals surface area contributed by atoms with Crippen LogP contribution in [-0.2, 0) is 4.74 Å². The van der Waals surface area contributed by atoms with Crippen molar-refractivity contribution in [2.24, 2.45) is 15.7 Å². The lowest BCUT2D eigenvalue weighted by Crippen LogP contribution is -2.57. The van der Waals surface area contributed by atoms with Gasteiger partial charge in [0.2, 0.25) is 29.7 Å². The van der Waals surface area contributed by atoms with E-state index in [-0.39, 0.29) is 17.6 Å². The Morgan fingerprint density at radius 1 is 1.02 bits per heavy atom. The Morgan fingerprint density at radius 3 is 2.27 bits per heavy atom. The minimum Gasteiger partial charge on any atom is -0.493 e. The van der Waals surface area contributed by atoms with Crippen LogP contribution in [0.15, 0.2) is 56.9 Å². The number of hydrogen-bond donors (Lipinski definition) is 2. The Kier molecular flexibility index (Phi) is 7.93.